The lowest BCUT2D eigenvalue weighted by Crippen LogP contribution is -2.28. The summed E-state index contributed by atoms with van der Waals surface area (Å²) >= 11 is 1.77. The summed E-state index contributed by atoms with van der Waals surface area (Å²) in [5, 5.41) is 5.50. The van der Waals surface area contributed by atoms with Crippen LogP contribution in [0.4, 0.5) is 0 Å². The van der Waals surface area contributed by atoms with Crippen LogP contribution in [0.1, 0.15) is 25.1 Å². The predicted molar refractivity (Wildman–Crippen MR) is 88.3 cm³/mol. The highest BCUT2D eigenvalue weighted by Gasteiger charge is 2.04. The van der Waals surface area contributed by atoms with Crippen molar-refractivity contribution in [2.45, 2.75) is 32.9 Å². The monoisotopic (exact) mass is 305 g/mol. The van der Waals surface area contributed by atoms with Crippen molar-refractivity contribution in [1.82, 2.24) is 5.32 Å². The molecule has 21 heavy (non-hydrogen) atoms. The molecule has 1 aromatic carbocycles. The van der Waals surface area contributed by atoms with Crippen molar-refractivity contribution in [2.24, 2.45) is 0 Å². The lowest BCUT2D eigenvalue weighted by molar-refractivity contribution is 0.216. The van der Waals surface area contributed by atoms with E-state index in [0.29, 0.717) is 0 Å². The SMILES string of the molecule is CCCOc1ccc(OC(C)CNCc2cccs2)cc1. The van der Waals surface area contributed by atoms with Gasteiger partial charge in [0.25, 0.3) is 0 Å². The molecule has 1 atom stereocenters. The first kappa shape index (κ1) is 15.9. The molecule has 0 radical (unpaired) electrons. The van der Waals surface area contributed by atoms with Crippen molar-refractivity contribution in [2.75, 3.05) is 13.2 Å². The van der Waals surface area contributed by atoms with Crippen LogP contribution in [0, 0.1) is 0 Å². The first-order valence-corrected chi connectivity index (χ1v) is 8.28. The van der Waals surface area contributed by atoms with Crippen LogP contribution in [0.5, 0.6) is 11.5 Å². The van der Waals surface area contributed by atoms with Crippen molar-refractivity contribution in [3.63, 3.8) is 0 Å². The van der Waals surface area contributed by atoms with E-state index in [9.17, 15) is 0 Å². The van der Waals surface area contributed by atoms with Crippen molar-refractivity contribution in [1.29, 1.82) is 0 Å². The summed E-state index contributed by atoms with van der Waals surface area (Å²) in [6, 6.07) is 12.0. The summed E-state index contributed by atoms with van der Waals surface area (Å²) in [7, 11) is 0. The highest BCUT2D eigenvalue weighted by Crippen LogP contribution is 2.18. The summed E-state index contributed by atoms with van der Waals surface area (Å²) in [6.45, 7) is 6.65. The highest BCUT2D eigenvalue weighted by molar-refractivity contribution is 7.09. The number of thiophene rings is 1. The maximum atomic E-state index is 5.88. The van der Waals surface area contributed by atoms with Gasteiger partial charge in [0.2, 0.25) is 0 Å². The third-order valence-corrected chi connectivity index (χ3v) is 3.82. The second kappa shape index (κ2) is 8.70. The minimum absolute atomic E-state index is 0.132. The van der Waals surface area contributed by atoms with Crippen LogP contribution in [-0.4, -0.2) is 19.3 Å². The number of ether oxygens (including phenoxy) is 2. The first-order chi connectivity index (χ1) is 10.3. The summed E-state index contributed by atoms with van der Waals surface area (Å²) in [6.07, 6.45) is 1.15. The van der Waals surface area contributed by atoms with Gasteiger partial charge in [0, 0.05) is 18.0 Å². The standard InChI is InChI=1S/C17H23NO2S/c1-3-10-19-15-6-8-16(9-7-15)20-14(2)12-18-13-17-5-4-11-21-17/h4-9,11,14,18H,3,10,12-13H2,1-2H3. The Balaban J connectivity index is 1.70. The molecule has 2 rings (SSSR count). The number of hydrogen-bond donors (Lipinski definition) is 1. The van der Waals surface area contributed by atoms with Crippen LogP contribution in [0.2, 0.25) is 0 Å². The van der Waals surface area contributed by atoms with E-state index in [1.165, 1.54) is 4.88 Å². The largest absolute Gasteiger partial charge is 0.494 e. The lowest BCUT2D eigenvalue weighted by Gasteiger charge is -2.15. The fraction of sp³-hybridized carbons (Fsp3) is 0.412. The molecule has 0 bridgehead atoms. The van der Waals surface area contributed by atoms with E-state index in [1.807, 2.05) is 24.3 Å². The number of hydrogen-bond acceptors (Lipinski definition) is 4. The molecule has 1 aromatic heterocycles. The molecule has 0 saturated carbocycles. The van der Waals surface area contributed by atoms with Crippen molar-refractivity contribution >= 4 is 11.3 Å². The van der Waals surface area contributed by atoms with Gasteiger partial charge in [-0.3, -0.25) is 0 Å². The van der Waals surface area contributed by atoms with Gasteiger partial charge < -0.3 is 14.8 Å². The molecule has 0 fully saturated rings. The van der Waals surface area contributed by atoms with Gasteiger partial charge in [-0.05, 0) is 49.1 Å². The normalized spacial score (nSPS) is 12.1. The summed E-state index contributed by atoms with van der Waals surface area (Å²) < 4.78 is 11.4. The lowest BCUT2D eigenvalue weighted by atomic mass is 10.3. The number of benzene rings is 1. The quantitative estimate of drug-likeness (QED) is 0.757. The molecule has 114 valence electrons. The van der Waals surface area contributed by atoms with Gasteiger partial charge in [-0.1, -0.05) is 13.0 Å². The van der Waals surface area contributed by atoms with Crippen LogP contribution in [0.25, 0.3) is 0 Å². The third kappa shape index (κ3) is 5.78. The smallest absolute Gasteiger partial charge is 0.120 e. The Kier molecular flexibility index (Phi) is 6.57. The molecule has 1 unspecified atom stereocenters. The minimum Gasteiger partial charge on any atom is -0.494 e. The Labute approximate surface area is 130 Å². The zero-order chi connectivity index (χ0) is 14.9. The van der Waals surface area contributed by atoms with Crippen LogP contribution < -0.4 is 14.8 Å². The van der Waals surface area contributed by atoms with Crippen molar-refractivity contribution in [3.8, 4) is 11.5 Å². The van der Waals surface area contributed by atoms with Crippen LogP contribution in [0.3, 0.4) is 0 Å². The van der Waals surface area contributed by atoms with Crippen molar-refractivity contribution in [3.05, 3.63) is 46.7 Å². The molecule has 0 aliphatic heterocycles. The maximum Gasteiger partial charge on any atom is 0.120 e. The molecule has 4 heteroatoms. The van der Waals surface area contributed by atoms with Gasteiger partial charge in [-0.2, -0.15) is 0 Å². The third-order valence-electron chi connectivity index (χ3n) is 2.94. The molecule has 3 nitrogen and oxygen atoms in total. The molecule has 0 aliphatic carbocycles. The van der Waals surface area contributed by atoms with E-state index in [1.54, 1.807) is 11.3 Å². The van der Waals surface area contributed by atoms with E-state index in [2.05, 4.69) is 36.7 Å². The average Bonchev–Trinajstić information content (AvgIpc) is 3.00. The first-order valence-electron chi connectivity index (χ1n) is 7.40. The van der Waals surface area contributed by atoms with E-state index >= 15 is 0 Å². The van der Waals surface area contributed by atoms with Gasteiger partial charge in [0.15, 0.2) is 0 Å². The Hall–Kier alpha value is -1.52. The molecular weight excluding hydrogens is 282 g/mol. The average molecular weight is 305 g/mol. The molecular formula is C17H23NO2S. The summed E-state index contributed by atoms with van der Waals surface area (Å²) in [5.41, 5.74) is 0. The van der Waals surface area contributed by atoms with Gasteiger partial charge in [0.1, 0.15) is 17.6 Å². The van der Waals surface area contributed by atoms with Gasteiger partial charge in [-0.15, -0.1) is 11.3 Å². The van der Waals surface area contributed by atoms with Crippen LogP contribution in [-0.2, 0) is 6.54 Å². The second-order valence-corrected chi connectivity index (χ2v) is 5.99. The zero-order valence-corrected chi connectivity index (χ0v) is 13.5. The van der Waals surface area contributed by atoms with Crippen LogP contribution >= 0.6 is 11.3 Å². The highest BCUT2D eigenvalue weighted by atomic mass is 32.1. The number of rotatable bonds is 9. The molecule has 1 N–H and O–H groups in total. The molecule has 0 aliphatic rings. The second-order valence-electron chi connectivity index (χ2n) is 4.96. The van der Waals surface area contributed by atoms with Gasteiger partial charge >= 0.3 is 0 Å². The fourth-order valence-corrected chi connectivity index (χ4v) is 2.59. The topological polar surface area (TPSA) is 30.5 Å². The van der Waals surface area contributed by atoms with E-state index in [0.717, 1.165) is 37.6 Å². The molecule has 1 heterocycles. The Morgan fingerprint density at radius 1 is 1.14 bits per heavy atom. The summed E-state index contributed by atoms with van der Waals surface area (Å²) in [5.74, 6) is 1.77. The Bertz CT molecular complexity index is 496. The van der Waals surface area contributed by atoms with E-state index < -0.39 is 0 Å². The molecule has 2 aromatic rings. The van der Waals surface area contributed by atoms with E-state index in [-0.39, 0.29) is 6.10 Å². The van der Waals surface area contributed by atoms with Gasteiger partial charge in [-0.25, -0.2) is 0 Å². The molecule has 0 spiro atoms. The fourth-order valence-electron chi connectivity index (χ4n) is 1.92. The maximum absolute atomic E-state index is 5.88. The summed E-state index contributed by atoms with van der Waals surface area (Å²) in [4.78, 5) is 1.35. The molecule has 0 amide bonds. The molecule has 0 saturated heterocycles. The number of nitrogens with one attached hydrogen (secondary N) is 1. The van der Waals surface area contributed by atoms with E-state index in [4.69, 9.17) is 9.47 Å². The van der Waals surface area contributed by atoms with Gasteiger partial charge in [0.05, 0.1) is 6.61 Å². The Morgan fingerprint density at radius 2 is 1.90 bits per heavy atom. The van der Waals surface area contributed by atoms with Crippen LogP contribution in [0.15, 0.2) is 41.8 Å². The minimum atomic E-state index is 0.132. The zero-order valence-electron chi connectivity index (χ0n) is 12.7. The predicted octanol–water partition coefficient (Wildman–Crippen LogP) is 4.09. The van der Waals surface area contributed by atoms with Crippen molar-refractivity contribution < 1.29 is 9.47 Å². The Morgan fingerprint density at radius 3 is 2.57 bits per heavy atom.